The fourth-order valence-corrected chi connectivity index (χ4v) is 2.04. The van der Waals surface area contributed by atoms with E-state index in [1.54, 1.807) is 20.2 Å². The van der Waals surface area contributed by atoms with Crippen LogP contribution in [-0.4, -0.2) is 24.1 Å². The van der Waals surface area contributed by atoms with Gasteiger partial charge in [-0.2, -0.15) is 4.98 Å². The van der Waals surface area contributed by atoms with Gasteiger partial charge in [-0.15, -0.1) is 0 Å². The number of aryl methyl sites for hydroxylation is 2. The molecular formula is C15H18ClN3O2. The van der Waals surface area contributed by atoms with E-state index >= 15 is 0 Å². The molecule has 2 aromatic rings. The molecule has 112 valence electrons. The molecule has 1 aromatic carbocycles. The van der Waals surface area contributed by atoms with Gasteiger partial charge in [-0.1, -0.05) is 11.6 Å². The molecule has 1 heterocycles. The van der Waals surface area contributed by atoms with Crippen molar-refractivity contribution in [1.29, 1.82) is 0 Å². The number of nitrogens with one attached hydrogen (secondary N) is 1. The molecule has 0 amide bonds. The van der Waals surface area contributed by atoms with Gasteiger partial charge in [0.05, 0.1) is 0 Å². The normalized spacial score (nSPS) is 10.5. The molecule has 0 radical (unpaired) electrons. The Balaban J connectivity index is 2.32. The summed E-state index contributed by atoms with van der Waals surface area (Å²) in [5.41, 5.74) is 1.93. The van der Waals surface area contributed by atoms with Crippen molar-refractivity contribution < 1.29 is 9.47 Å². The molecule has 0 spiro atoms. The number of rotatable bonds is 5. The third-order valence-electron chi connectivity index (χ3n) is 2.91. The second-order valence-electron chi connectivity index (χ2n) is 4.66. The van der Waals surface area contributed by atoms with Crippen LogP contribution < -0.4 is 10.1 Å². The standard InChI is InChI=1S/C15H18ClN3O2/c1-9-5-11(6-10(2)15(9)16)21-14-7-12(17-3)18-13(19-14)8-20-4/h5-7H,8H2,1-4H3,(H,17,18,19). The first kappa shape index (κ1) is 15.5. The van der Waals surface area contributed by atoms with Gasteiger partial charge in [0, 0.05) is 25.2 Å². The third kappa shape index (κ3) is 3.83. The molecule has 0 unspecified atom stereocenters. The highest BCUT2D eigenvalue weighted by Crippen LogP contribution is 2.29. The van der Waals surface area contributed by atoms with Gasteiger partial charge < -0.3 is 14.8 Å². The SMILES string of the molecule is CNc1cc(Oc2cc(C)c(Cl)c(C)c2)nc(COC)n1. The molecule has 0 aliphatic carbocycles. The molecule has 0 aliphatic heterocycles. The van der Waals surface area contributed by atoms with E-state index in [0.29, 0.717) is 29.9 Å². The van der Waals surface area contributed by atoms with Gasteiger partial charge in [0.2, 0.25) is 5.88 Å². The number of halogens is 1. The number of ether oxygens (including phenoxy) is 2. The first-order chi connectivity index (χ1) is 10.0. The number of aromatic nitrogens is 2. The van der Waals surface area contributed by atoms with Crippen molar-refractivity contribution in [2.24, 2.45) is 0 Å². The van der Waals surface area contributed by atoms with Crippen molar-refractivity contribution in [2.45, 2.75) is 20.5 Å². The van der Waals surface area contributed by atoms with Gasteiger partial charge in [-0.3, -0.25) is 0 Å². The van der Waals surface area contributed by atoms with Crippen molar-refractivity contribution in [3.8, 4) is 11.6 Å². The lowest BCUT2D eigenvalue weighted by Crippen LogP contribution is -2.03. The van der Waals surface area contributed by atoms with Crippen LogP contribution in [0.25, 0.3) is 0 Å². The van der Waals surface area contributed by atoms with Crippen LogP contribution in [0.2, 0.25) is 5.02 Å². The molecule has 0 atom stereocenters. The maximum absolute atomic E-state index is 6.16. The summed E-state index contributed by atoms with van der Waals surface area (Å²) >= 11 is 6.16. The van der Waals surface area contributed by atoms with Crippen LogP contribution in [0.5, 0.6) is 11.6 Å². The number of methoxy groups -OCH3 is 1. The average molecular weight is 308 g/mol. The fourth-order valence-electron chi connectivity index (χ4n) is 1.93. The maximum Gasteiger partial charge on any atom is 0.224 e. The monoisotopic (exact) mass is 307 g/mol. The zero-order valence-electron chi connectivity index (χ0n) is 12.5. The van der Waals surface area contributed by atoms with Gasteiger partial charge in [0.25, 0.3) is 0 Å². The number of anilines is 1. The summed E-state index contributed by atoms with van der Waals surface area (Å²) in [5, 5.41) is 3.73. The first-order valence-electron chi connectivity index (χ1n) is 6.52. The van der Waals surface area contributed by atoms with Crippen molar-refractivity contribution in [3.05, 3.63) is 40.2 Å². The van der Waals surface area contributed by atoms with Gasteiger partial charge in [-0.25, -0.2) is 4.98 Å². The summed E-state index contributed by atoms with van der Waals surface area (Å²) in [5.74, 6) is 2.39. The Morgan fingerprint density at radius 2 is 1.81 bits per heavy atom. The number of hydrogen-bond donors (Lipinski definition) is 1. The van der Waals surface area contributed by atoms with Crippen LogP contribution in [0.4, 0.5) is 5.82 Å². The topological polar surface area (TPSA) is 56.3 Å². The van der Waals surface area contributed by atoms with E-state index in [-0.39, 0.29) is 0 Å². The average Bonchev–Trinajstić information content (AvgIpc) is 2.44. The highest BCUT2D eigenvalue weighted by Gasteiger charge is 2.08. The Hall–Kier alpha value is -1.85. The molecule has 2 rings (SSSR count). The summed E-state index contributed by atoms with van der Waals surface area (Å²) in [4.78, 5) is 8.60. The molecular weight excluding hydrogens is 290 g/mol. The van der Waals surface area contributed by atoms with Crippen molar-refractivity contribution in [3.63, 3.8) is 0 Å². The van der Waals surface area contributed by atoms with Crippen LogP contribution in [-0.2, 0) is 11.3 Å². The molecule has 0 bridgehead atoms. The number of hydrogen-bond acceptors (Lipinski definition) is 5. The van der Waals surface area contributed by atoms with Crippen LogP contribution in [0, 0.1) is 13.8 Å². The van der Waals surface area contributed by atoms with Crippen LogP contribution >= 0.6 is 11.6 Å². The van der Waals surface area contributed by atoms with E-state index in [4.69, 9.17) is 21.1 Å². The molecule has 0 fully saturated rings. The van der Waals surface area contributed by atoms with Crippen molar-refractivity contribution in [1.82, 2.24) is 9.97 Å². The third-order valence-corrected chi connectivity index (χ3v) is 3.51. The predicted molar refractivity (Wildman–Crippen MR) is 83.3 cm³/mol. The van der Waals surface area contributed by atoms with Gasteiger partial charge >= 0.3 is 0 Å². The van der Waals surface area contributed by atoms with E-state index < -0.39 is 0 Å². The van der Waals surface area contributed by atoms with Crippen molar-refractivity contribution >= 4 is 17.4 Å². The van der Waals surface area contributed by atoms with E-state index in [1.807, 2.05) is 26.0 Å². The minimum atomic E-state index is 0.324. The van der Waals surface area contributed by atoms with Crippen LogP contribution in [0.15, 0.2) is 18.2 Å². The molecule has 21 heavy (non-hydrogen) atoms. The summed E-state index contributed by atoms with van der Waals surface area (Å²) in [6.45, 7) is 4.21. The summed E-state index contributed by atoms with van der Waals surface area (Å²) in [7, 11) is 3.39. The molecule has 0 saturated carbocycles. The smallest absolute Gasteiger partial charge is 0.224 e. The maximum atomic E-state index is 6.16. The van der Waals surface area contributed by atoms with E-state index in [2.05, 4.69) is 15.3 Å². The number of benzene rings is 1. The largest absolute Gasteiger partial charge is 0.439 e. The highest BCUT2D eigenvalue weighted by molar-refractivity contribution is 6.32. The first-order valence-corrected chi connectivity index (χ1v) is 6.90. The zero-order valence-corrected chi connectivity index (χ0v) is 13.3. The molecule has 0 aliphatic rings. The molecule has 0 saturated heterocycles. The fraction of sp³-hybridized carbons (Fsp3) is 0.333. The summed E-state index contributed by atoms with van der Waals surface area (Å²) in [6.07, 6.45) is 0. The highest BCUT2D eigenvalue weighted by atomic mass is 35.5. The summed E-state index contributed by atoms with van der Waals surface area (Å²) in [6, 6.07) is 5.50. The number of nitrogens with zero attached hydrogens (tertiary/aromatic N) is 2. The van der Waals surface area contributed by atoms with Gasteiger partial charge in [0.15, 0.2) is 5.82 Å². The molecule has 1 aromatic heterocycles. The molecule has 1 N–H and O–H groups in total. The predicted octanol–water partition coefficient (Wildman–Crippen LogP) is 3.73. The lowest BCUT2D eigenvalue weighted by molar-refractivity contribution is 0.177. The lowest BCUT2D eigenvalue weighted by atomic mass is 10.1. The minimum absolute atomic E-state index is 0.324. The summed E-state index contributed by atoms with van der Waals surface area (Å²) < 4.78 is 10.9. The van der Waals surface area contributed by atoms with Crippen molar-refractivity contribution in [2.75, 3.05) is 19.5 Å². The van der Waals surface area contributed by atoms with Gasteiger partial charge in [-0.05, 0) is 37.1 Å². The Bertz CT molecular complexity index is 624. The Morgan fingerprint density at radius 3 is 2.38 bits per heavy atom. The van der Waals surface area contributed by atoms with Crippen LogP contribution in [0.3, 0.4) is 0 Å². The Morgan fingerprint density at radius 1 is 1.14 bits per heavy atom. The van der Waals surface area contributed by atoms with E-state index in [1.165, 1.54) is 0 Å². The van der Waals surface area contributed by atoms with E-state index in [0.717, 1.165) is 16.1 Å². The lowest BCUT2D eigenvalue weighted by Gasteiger charge is -2.11. The molecule has 6 heteroatoms. The Kier molecular flexibility index (Phi) is 4.98. The second kappa shape index (κ2) is 6.74. The zero-order chi connectivity index (χ0) is 15.4. The van der Waals surface area contributed by atoms with Crippen LogP contribution in [0.1, 0.15) is 17.0 Å². The second-order valence-corrected chi connectivity index (χ2v) is 5.04. The molecule has 5 nitrogen and oxygen atoms in total. The quantitative estimate of drug-likeness (QED) is 0.912. The van der Waals surface area contributed by atoms with Gasteiger partial charge in [0.1, 0.15) is 18.2 Å². The Labute approximate surface area is 129 Å². The minimum Gasteiger partial charge on any atom is -0.439 e. The van der Waals surface area contributed by atoms with E-state index in [9.17, 15) is 0 Å².